The Labute approximate surface area is 289 Å². The lowest BCUT2D eigenvalue weighted by molar-refractivity contribution is -0.135. The lowest BCUT2D eigenvalue weighted by Gasteiger charge is -2.30. The van der Waals surface area contributed by atoms with E-state index in [1.165, 1.54) is 12.0 Å². The number of nitrogens with one attached hydrogen (secondary N) is 3. The van der Waals surface area contributed by atoms with E-state index in [-0.39, 0.29) is 23.9 Å². The van der Waals surface area contributed by atoms with Crippen molar-refractivity contribution in [1.29, 1.82) is 0 Å². The lowest BCUT2D eigenvalue weighted by Crippen LogP contribution is -2.51. The first kappa shape index (κ1) is 32.9. The van der Waals surface area contributed by atoms with Gasteiger partial charge in [0, 0.05) is 18.7 Å². The Morgan fingerprint density at radius 1 is 0.780 bits per heavy atom. The molecular weight excluding hydrogens is 634 g/mol. The van der Waals surface area contributed by atoms with E-state index in [1.54, 1.807) is 6.20 Å². The van der Waals surface area contributed by atoms with E-state index in [4.69, 9.17) is 4.74 Å². The highest BCUT2D eigenvalue weighted by atomic mass is 16.5. The number of hydrogen-bond donors (Lipinski definition) is 4. The third kappa shape index (κ3) is 6.40. The monoisotopic (exact) mass is 675 g/mol. The van der Waals surface area contributed by atoms with Crippen molar-refractivity contribution in [3.8, 4) is 33.6 Å². The number of aromatic nitrogens is 4. The largest absolute Gasteiger partial charge is 0.465 e. The second-order valence-corrected chi connectivity index (χ2v) is 13.4. The number of nitrogens with zero attached hydrogens (tertiary/aromatic N) is 4. The average molecular weight is 676 g/mol. The number of carbonyl (C=O) groups excluding carboxylic acids is 2. The highest BCUT2D eigenvalue weighted by molar-refractivity contribution is 5.91. The van der Waals surface area contributed by atoms with Gasteiger partial charge in [-0.1, -0.05) is 62.4 Å². The van der Waals surface area contributed by atoms with Gasteiger partial charge in [-0.3, -0.25) is 9.69 Å². The van der Waals surface area contributed by atoms with Gasteiger partial charge in [0.25, 0.3) is 0 Å². The number of carbonyl (C=O) groups is 3. The molecule has 4 heterocycles. The topological polar surface area (TPSA) is 157 Å². The standard InChI is InChI=1S/C38H41N7O5/c1-22(2)33(43-37(47)50-3)36(46)44-16-4-6-31(44)34-39-20-29(41-34)24-10-8-23(9-11-24)25-12-13-27-19-28(15-14-26(27)18-25)30-21-40-35(42-30)32-7-5-17-45(32)38(48)49/h8-15,18-22,31-33H,4-7,16-17H2,1-3H3,(H,39,41)(H,40,42)(H,43,47)(H,48,49). The number of carboxylic acid groups (broad SMARTS) is 1. The van der Waals surface area contributed by atoms with E-state index < -0.39 is 18.2 Å². The third-order valence-electron chi connectivity index (χ3n) is 9.93. The minimum atomic E-state index is -0.911. The molecule has 2 saturated heterocycles. The summed E-state index contributed by atoms with van der Waals surface area (Å²) in [6, 6.07) is 19.9. The fraction of sp³-hybridized carbons (Fsp3) is 0.342. The highest BCUT2D eigenvalue weighted by Gasteiger charge is 2.37. The SMILES string of the molecule is COC(=O)NC(C(=O)N1CCCC1c1ncc(-c2ccc(-c3ccc4cc(-c5cnc(C6CCCN6C(=O)O)[nH]5)ccc4c3)cc2)[nH]1)C(C)C. The van der Waals surface area contributed by atoms with Crippen LogP contribution in [0.2, 0.25) is 0 Å². The molecule has 4 N–H and O–H groups in total. The number of ether oxygens (including phenoxy) is 1. The summed E-state index contributed by atoms with van der Waals surface area (Å²) >= 11 is 0. The minimum Gasteiger partial charge on any atom is -0.465 e. The Balaban J connectivity index is 1.04. The van der Waals surface area contributed by atoms with Gasteiger partial charge in [-0.05, 0) is 71.2 Å². The van der Waals surface area contributed by atoms with Crippen LogP contribution in [0.15, 0.2) is 73.1 Å². The van der Waals surface area contributed by atoms with Crippen LogP contribution in [0.25, 0.3) is 44.4 Å². The molecule has 2 aromatic heterocycles. The van der Waals surface area contributed by atoms with Crippen LogP contribution in [-0.4, -0.2) is 79.2 Å². The van der Waals surface area contributed by atoms with Gasteiger partial charge in [-0.25, -0.2) is 19.6 Å². The number of likely N-dealkylation sites (tertiary alicyclic amines) is 2. The van der Waals surface area contributed by atoms with Crippen LogP contribution in [0.3, 0.4) is 0 Å². The van der Waals surface area contributed by atoms with Gasteiger partial charge in [-0.2, -0.15) is 0 Å². The van der Waals surface area contributed by atoms with Gasteiger partial charge in [-0.15, -0.1) is 0 Å². The number of benzene rings is 3. The van der Waals surface area contributed by atoms with Crippen molar-refractivity contribution in [3.05, 3.63) is 84.7 Å². The zero-order chi connectivity index (χ0) is 34.9. The zero-order valence-electron chi connectivity index (χ0n) is 28.3. The van der Waals surface area contributed by atoms with Gasteiger partial charge in [0.1, 0.15) is 17.7 Å². The van der Waals surface area contributed by atoms with E-state index in [0.29, 0.717) is 18.9 Å². The molecule has 0 spiro atoms. The number of imidazole rings is 2. The summed E-state index contributed by atoms with van der Waals surface area (Å²) in [4.78, 5) is 56.3. The fourth-order valence-corrected chi connectivity index (χ4v) is 7.21. The fourth-order valence-electron chi connectivity index (χ4n) is 7.21. The number of hydrogen-bond acceptors (Lipinski definition) is 6. The maximum atomic E-state index is 13.5. The van der Waals surface area contributed by atoms with Crippen LogP contribution in [0.4, 0.5) is 9.59 Å². The molecule has 3 atom stereocenters. The molecule has 12 nitrogen and oxygen atoms in total. The predicted molar refractivity (Wildman–Crippen MR) is 189 cm³/mol. The second-order valence-electron chi connectivity index (χ2n) is 13.4. The number of methoxy groups -OCH3 is 1. The second kappa shape index (κ2) is 13.7. The van der Waals surface area contributed by atoms with E-state index in [1.807, 2.05) is 24.9 Å². The average Bonchev–Trinajstić information content (AvgIpc) is 3.96. The van der Waals surface area contributed by atoms with Crippen LogP contribution in [0.5, 0.6) is 0 Å². The quantitative estimate of drug-likeness (QED) is 0.136. The summed E-state index contributed by atoms with van der Waals surface area (Å²) in [6.45, 7) is 4.94. The molecular formula is C38H41N7O5. The summed E-state index contributed by atoms with van der Waals surface area (Å²) < 4.78 is 4.75. The molecule has 3 unspecified atom stereocenters. The van der Waals surface area contributed by atoms with Gasteiger partial charge >= 0.3 is 12.2 Å². The summed E-state index contributed by atoms with van der Waals surface area (Å²) in [6.07, 6.45) is 5.31. The molecule has 7 rings (SSSR count). The Bertz CT molecular complexity index is 2030. The smallest absolute Gasteiger partial charge is 0.407 e. The van der Waals surface area contributed by atoms with Crippen molar-refractivity contribution in [2.24, 2.45) is 5.92 Å². The first-order valence-corrected chi connectivity index (χ1v) is 17.1. The minimum absolute atomic E-state index is 0.0967. The molecule has 0 bridgehead atoms. The number of aromatic amines is 2. The van der Waals surface area contributed by atoms with Crippen molar-refractivity contribution in [3.63, 3.8) is 0 Å². The Morgan fingerprint density at radius 3 is 1.90 bits per heavy atom. The molecule has 3 aromatic carbocycles. The summed E-state index contributed by atoms with van der Waals surface area (Å²) in [5, 5.41) is 14.4. The third-order valence-corrected chi connectivity index (χ3v) is 9.93. The number of fused-ring (bicyclic) bond motifs is 1. The molecule has 50 heavy (non-hydrogen) atoms. The molecule has 5 aromatic rings. The molecule has 258 valence electrons. The molecule has 0 radical (unpaired) electrons. The van der Waals surface area contributed by atoms with Crippen LogP contribution in [-0.2, 0) is 9.53 Å². The molecule has 0 aliphatic carbocycles. The molecule has 0 saturated carbocycles. The van der Waals surface area contributed by atoms with Crippen LogP contribution in [0.1, 0.15) is 63.3 Å². The van der Waals surface area contributed by atoms with Crippen LogP contribution < -0.4 is 5.32 Å². The Morgan fingerprint density at radius 2 is 1.30 bits per heavy atom. The predicted octanol–water partition coefficient (Wildman–Crippen LogP) is 7.15. The van der Waals surface area contributed by atoms with Crippen LogP contribution in [0, 0.1) is 5.92 Å². The van der Waals surface area contributed by atoms with E-state index in [0.717, 1.165) is 75.9 Å². The molecule has 2 aliphatic heterocycles. The van der Waals surface area contributed by atoms with E-state index in [2.05, 4.69) is 85.9 Å². The van der Waals surface area contributed by atoms with Gasteiger partial charge in [0.15, 0.2) is 0 Å². The first-order valence-electron chi connectivity index (χ1n) is 17.1. The normalized spacial score (nSPS) is 18.2. The highest BCUT2D eigenvalue weighted by Crippen LogP contribution is 2.35. The number of rotatable bonds is 8. The van der Waals surface area contributed by atoms with E-state index >= 15 is 0 Å². The molecule has 3 amide bonds. The van der Waals surface area contributed by atoms with Gasteiger partial charge < -0.3 is 30.0 Å². The maximum absolute atomic E-state index is 13.5. The van der Waals surface area contributed by atoms with Crippen LogP contribution >= 0.6 is 0 Å². The van der Waals surface area contributed by atoms with Crippen molar-refractivity contribution in [2.45, 2.75) is 57.7 Å². The number of H-pyrrole nitrogens is 2. The molecule has 2 fully saturated rings. The van der Waals surface area contributed by atoms with Crippen molar-refractivity contribution in [1.82, 2.24) is 35.1 Å². The van der Waals surface area contributed by atoms with Crippen molar-refractivity contribution in [2.75, 3.05) is 20.2 Å². The Kier molecular flexibility index (Phi) is 9.00. The van der Waals surface area contributed by atoms with Gasteiger partial charge in [0.2, 0.25) is 5.91 Å². The maximum Gasteiger partial charge on any atom is 0.407 e. The Hall–Kier alpha value is -5.65. The zero-order valence-corrected chi connectivity index (χ0v) is 28.3. The summed E-state index contributed by atoms with van der Waals surface area (Å²) in [5.41, 5.74) is 5.90. The summed E-state index contributed by atoms with van der Waals surface area (Å²) in [5.74, 6) is 1.19. The lowest BCUT2D eigenvalue weighted by atomic mass is 9.98. The molecule has 12 heteroatoms. The number of amides is 3. The van der Waals surface area contributed by atoms with Gasteiger partial charge in [0.05, 0.1) is 43.0 Å². The summed E-state index contributed by atoms with van der Waals surface area (Å²) in [7, 11) is 1.29. The number of alkyl carbamates (subject to hydrolysis) is 1. The van der Waals surface area contributed by atoms with Crippen molar-refractivity contribution >= 4 is 28.9 Å². The van der Waals surface area contributed by atoms with Crippen molar-refractivity contribution < 1.29 is 24.2 Å². The first-order chi connectivity index (χ1) is 24.2. The van der Waals surface area contributed by atoms with E-state index in [9.17, 15) is 19.5 Å². The molecule has 2 aliphatic rings.